The van der Waals surface area contributed by atoms with Crippen molar-refractivity contribution in [3.63, 3.8) is 0 Å². The van der Waals surface area contributed by atoms with Crippen molar-refractivity contribution in [3.05, 3.63) is 34.9 Å². The normalized spacial score (nSPS) is 17.4. The highest BCUT2D eigenvalue weighted by molar-refractivity contribution is 8.00. The fourth-order valence-electron chi connectivity index (χ4n) is 3.47. The van der Waals surface area contributed by atoms with Crippen LogP contribution in [0.1, 0.15) is 0 Å². The Bertz CT molecular complexity index is 1330. The van der Waals surface area contributed by atoms with Gasteiger partial charge in [0.2, 0.25) is 11.8 Å². The summed E-state index contributed by atoms with van der Waals surface area (Å²) in [5.41, 5.74) is 0.870. The van der Waals surface area contributed by atoms with Crippen molar-refractivity contribution in [2.45, 2.75) is 11.1 Å². The monoisotopic (exact) mass is 484 g/mol. The molecule has 1 atom stereocenters. The van der Waals surface area contributed by atoms with Crippen molar-refractivity contribution in [2.75, 3.05) is 42.2 Å². The number of anilines is 2. The summed E-state index contributed by atoms with van der Waals surface area (Å²) in [5.74, 6) is 1.11. The number of rotatable bonds is 7. The number of cyclic esters (lactones) is 1. The molecule has 3 aromatic heterocycles. The zero-order chi connectivity index (χ0) is 23.7. The molecule has 2 aliphatic rings. The molecule has 0 unspecified atom stereocenters. The van der Waals surface area contributed by atoms with E-state index in [-0.39, 0.29) is 23.3 Å². The fourth-order valence-corrected chi connectivity index (χ4v) is 4.17. The number of ether oxygens (including phenoxy) is 2. The second-order valence-corrected chi connectivity index (χ2v) is 8.50. The third kappa shape index (κ3) is 4.49. The number of hydrogen-bond acceptors (Lipinski definition) is 11. The zero-order valence-corrected chi connectivity index (χ0v) is 18.9. The third-order valence-electron chi connectivity index (χ3n) is 5.17. The second-order valence-electron chi connectivity index (χ2n) is 7.54. The van der Waals surface area contributed by atoms with E-state index in [4.69, 9.17) is 9.47 Å². The summed E-state index contributed by atoms with van der Waals surface area (Å²) in [4.78, 5) is 54.2. The van der Waals surface area contributed by atoms with Crippen LogP contribution in [0.25, 0.3) is 11.2 Å². The molecule has 3 aromatic rings. The van der Waals surface area contributed by atoms with Crippen molar-refractivity contribution < 1.29 is 19.1 Å². The van der Waals surface area contributed by atoms with Gasteiger partial charge in [-0.05, 0) is 6.07 Å². The maximum atomic E-state index is 12.3. The minimum absolute atomic E-state index is 0.157. The number of hydrogen-bond donors (Lipinski definition) is 2. The SMILES string of the molecule is Cn1c(=O)ccc2ncc(OCCNC[C@H]3CN(c4cnc5c(n4)NC(=O)CS5)C(=O)O3)nc21. The number of carbonyl (C=O) groups is 2. The van der Waals surface area contributed by atoms with Gasteiger partial charge in [0.05, 0.1) is 24.7 Å². The van der Waals surface area contributed by atoms with E-state index < -0.39 is 6.09 Å². The van der Waals surface area contributed by atoms with E-state index in [0.29, 0.717) is 59.9 Å². The fraction of sp³-hybridized carbons (Fsp3) is 0.350. The average Bonchev–Trinajstić information content (AvgIpc) is 3.21. The van der Waals surface area contributed by atoms with Crippen molar-refractivity contribution in [2.24, 2.45) is 7.05 Å². The largest absolute Gasteiger partial charge is 0.475 e. The van der Waals surface area contributed by atoms with Crippen LogP contribution in [0.3, 0.4) is 0 Å². The minimum Gasteiger partial charge on any atom is -0.475 e. The predicted molar refractivity (Wildman–Crippen MR) is 122 cm³/mol. The quantitative estimate of drug-likeness (QED) is 0.441. The number of amides is 2. The van der Waals surface area contributed by atoms with E-state index in [2.05, 4.69) is 30.6 Å². The van der Waals surface area contributed by atoms with E-state index in [1.807, 2.05) is 0 Å². The number of pyridine rings is 1. The highest BCUT2D eigenvalue weighted by atomic mass is 32.2. The van der Waals surface area contributed by atoms with Crippen LogP contribution in [0.15, 0.2) is 34.3 Å². The smallest absolute Gasteiger partial charge is 0.416 e. The van der Waals surface area contributed by atoms with Crippen LogP contribution in [-0.2, 0) is 16.6 Å². The minimum atomic E-state index is -0.524. The van der Waals surface area contributed by atoms with Gasteiger partial charge in [0.15, 0.2) is 17.3 Å². The van der Waals surface area contributed by atoms with Crippen LogP contribution in [0, 0.1) is 0 Å². The molecule has 0 saturated carbocycles. The predicted octanol–water partition coefficient (Wildman–Crippen LogP) is 0.156. The lowest BCUT2D eigenvalue weighted by Gasteiger charge is -2.17. The lowest BCUT2D eigenvalue weighted by Crippen LogP contribution is -2.33. The molecule has 5 rings (SSSR count). The average molecular weight is 484 g/mol. The lowest BCUT2D eigenvalue weighted by atomic mass is 10.3. The van der Waals surface area contributed by atoms with Gasteiger partial charge in [0.1, 0.15) is 23.3 Å². The zero-order valence-electron chi connectivity index (χ0n) is 18.1. The molecule has 0 aromatic carbocycles. The molecule has 5 heterocycles. The molecule has 0 radical (unpaired) electrons. The van der Waals surface area contributed by atoms with Gasteiger partial charge in [0.25, 0.3) is 5.56 Å². The van der Waals surface area contributed by atoms with E-state index in [0.717, 1.165) is 0 Å². The summed E-state index contributed by atoms with van der Waals surface area (Å²) < 4.78 is 12.4. The molecule has 13 nitrogen and oxygen atoms in total. The molecule has 0 spiro atoms. The third-order valence-corrected chi connectivity index (χ3v) is 6.15. The molecule has 2 N–H and O–H groups in total. The molecule has 14 heteroatoms. The number of aromatic nitrogens is 5. The van der Waals surface area contributed by atoms with Crippen LogP contribution in [0.5, 0.6) is 5.88 Å². The van der Waals surface area contributed by atoms with Crippen LogP contribution in [-0.4, -0.2) is 74.6 Å². The Morgan fingerprint density at radius 3 is 3.00 bits per heavy atom. The first-order valence-corrected chi connectivity index (χ1v) is 11.4. The van der Waals surface area contributed by atoms with Crippen LogP contribution in [0.2, 0.25) is 0 Å². The molecular formula is C20H20N8O5S. The number of carbonyl (C=O) groups excluding carboxylic acids is 2. The molecule has 0 bridgehead atoms. The standard InChI is InChI=1S/C20H20N8O5S/c1-27-16(30)3-2-12-18(27)26-15(8-22-12)32-5-4-21-6-11-9-28(20(31)33-11)13-7-23-19-17(24-13)25-14(29)10-34-19/h2-3,7-8,11,21H,4-6,9-10H2,1H3,(H,24,25,29)/t11-/m0/s1. The van der Waals surface area contributed by atoms with Crippen LogP contribution < -0.4 is 25.8 Å². The molecule has 2 aliphatic heterocycles. The Morgan fingerprint density at radius 1 is 1.24 bits per heavy atom. The molecule has 1 saturated heterocycles. The summed E-state index contributed by atoms with van der Waals surface area (Å²) in [5, 5.41) is 6.46. The van der Waals surface area contributed by atoms with Crippen LogP contribution >= 0.6 is 11.8 Å². The van der Waals surface area contributed by atoms with E-state index >= 15 is 0 Å². The Labute approximate surface area is 196 Å². The second kappa shape index (κ2) is 9.23. The number of thioether (sulfide) groups is 1. The number of nitrogens with one attached hydrogen (secondary N) is 2. The Hall–Kier alpha value is -3.78. The van der Waals surface area contributed by atoms with Gasteiger partial charge in [-0.1, -0.05) is 11.8 Å². The van der Waals surface area contributed by atoms with Gasteiger partial charge < -0.3 is 20.1 Å². The van der Waals surface area contributed by atoms with Gasteiger partial charge >= 0.3 is 6.09 Å². The summed E-state index contributed by atoms with van der Waals surface area (Å²) in [6.07, 6.45) is 2.09. The molecular weight excluding hydrogens is 464 g/mol. The topological polar surface area (TPSA) is 153 Å². The van der Waals surface area contributed by atoms with Gasteiger partial charge in [0, 0.05) is 26.2 Å². The van der Waals surface area contributed by atoms with Gasteiger partial charge in [-0.15, -0.1) is 0 Å². The van der Waals surface area contributed by atoms with E-state index in [1.165, 1.54) is 39.7 Å². The number of aryl methyl sites for hydroxylation is 1. The summed E-state index contributed by atoms with van der Waals surface area (Å²) in [6, 6.07) is 3.06. The van der Waals surface area contributed by atoms with Crippen molar-refractivity contribution in [1.29, 1.82) is 0 Å². The molecule has 176 valence electrons. The van der Waals surface area contributed by atoms with Crippen molar-refractivity contribution in [3.8, 4) is 5.88 Å². The Morgan fingerprint density at radius 2 is 2.12 bits per heavy atom. The number of fused-ring (bicyclic) bond motifs is 2. The summed E-state index contributed by atoms with van der Waals surface area (Å²) >= 11 is 1.30. The Balaban J connectivity index is 1.11. The first-order valence-electron chi connectivity index (χ1n) is 10.4. The van der Waals surface area contributed by atoms with Gasteiger partial charge in [-0.25, -0.2) is 19.7 Å². The molecule has 2 amide bonds. The van der Waals surface area contributed by atoms with Gasteiger partial charge in [-0.2, -0.15) is 4.98 Å². The van der Waals surface area contributed by atoms with Crippen molar-refractivity contribution >= 4 is 46.6 Å². The van der Waals surface area contributed by atoms with Crippen LogP contribution in [0.4, 0.5) is 16.4 Å². The molecule has 1 fully saturated rings. The van der Waals surface area contributed by atoms with Gasteiger partial charge in [-0.3, -0.25) is 19.1 Å². The van der Waals surface area contributed by atoms with E-state index in [9.17, 15) is 14.4 Å². The number of nitrogens with zero attached hydrogens (tertiary/aromatic N) is 6. The van der Waals surface area contributed by atoms with E-state index in [1.54, 1.807) is 13.1 Å². The summed E-state index contributed by atoms with van der Waals surface area (Å²) in [6.45, 7) is 1.49. The molecule has 0 aliphatic carbocycles. The maximum absolute atomic E-state index is 12.3. The Kier molecular flexibility index (Phi) is 5.98. The molecule has 34 heavy (non-hydrogen) atoms. The summed E-state index contributed by atoms with van der Waals surface area (Å²) in [7, 11) is 1.63. The highest BCUT2D eigenvalue weighted by Crippen LogP contribution is 2.30. The maximum Gasteiger partial charge on any atom is 0.416 e. The highest BCUT2D eigenvalue weighted by Gasteiger charge is 2.34. The van der Waals surface area contributed by atoms with Crippen molar-refractivity contribution in [1.82, 2.24) is 29.8 Å². The first-order chi connectivity index (χ1) is 16.5. The lowest BCUT2D eigenvalue weighted by molar-refractivity contribution is -0.113. The first kappa shape index (κ1) is 22.0.